The fourth-order valence-electron chi connectivity index (χ4n) is 12.9. The maximum Gasteiger partial charge on any atom is 0.407 e. The molecule has 9 aliphatic rings. The fourth-order valence-corrected chi connectivity index (χ4v) is 12.9. The molecule has 4 unspecified atom stereocenters. The van der Waals surface area contributed by atoms with Gasteiger partial charge in [0.15, 0.2) is 0 Å². The van der Waals surface area contributed by atoms with Crippen LogP contribution in [-0.2, 0) is 19.1 Å². The first-order chi connectivity index (χ1) is 22.9. The zero-order valence-corrected chi connectivity index (χ0v) is 28.7. The maximum atomic E-state index is 14.7. The van der Waals surface area contributed by atoms with Crippen LogP contribution in [0.5, 0.6) is 0 Å². The second kappa shape index (κ2) is 10.3. The lowest BCUT2D eigenvalue weighted by molar-refractivity contribution is -0.188. The van der Waals surface area contributed by atoms with Crippen molar-refractivity contribution < 1.29 is 23.9 Å². The zero-order chi connectivity index (χ0) is 33.1. The van der Waals surface area contributed by atoms with E-state index in [-0.39, 0.29) is 29.4 Å². The third kappa shape index (κ3) is 4.92. The molecule has 0 heterocycles. The average Bonchev–Trinajstić information content (AvgIpc) is 3.31. The van der Waals surface area contributed by atoms with Crippen molar-refractivity contribution in [1.82, 2.24) is 10.6 Å². The fraction of sp³-hybridized carbons (Fsp3) is 0.634. The van der Waals surface area contributed by atoms with Crippen LogP contribution >= 0.6 is 0 Å². The summed E-state index contributed by atoms with van der Waals surface area (Å²) in [6, 6.07) is 16.8. The van der Waals surface area contributed by atoms with E-state index in [0.717, 1.165) is 64.2 Å². The van der Waals surface area contributed by atoms with E-state index in [4.69, 9.17) is 9.47 Å². The van der Waals surface area contributed by atoms with Gasteiger partial charge in [-0.05, 0) is 144 Å². The topological polar surface area (TPSA) is 93.7 Å². The summed E-state index contributed by atoms with van der Waals surface area (Å²) in [7, 11) is 0. The van der Waals surface area contributed by atoms with E-state index in [1.807, 2.05) is 20.8 Å². The lowest BCUT2D eigenvalue weighted by Crippen LogP contribution is -2.70. The third-order valence-electron chi connectivity index (χ3n) is 13.5. The molecule has 0 spiro atoms. The van der Waals surface area contributed by atoms with E-state index in [1.54, 1.807) is 0 Å². The van der Waals surface area contributed by atoms with Crippen molar-refractivity contribution in [3.05, 3.63) is 59.7 Å². The van der Waals surface area contributed by atoms with Crippen molar-refractivity contribution in [2.24, 2.45) is 34.5 Å². The summed E-state index contributed by atoms with van der Waals surface area (Å²) in [5.74, 6) is 1.88. The summed E-state index contributed by atoms with van der Waals surface area (Å²) in [6.45, 7) is 6.13. The molecule has 0 aromatic heterocycles. The molecule has 8 saturated carbocycles. The largest absolute Gasteiger partial charge is 0.460 e. The Morgan fingerprint density at radius 1 is 0.688 bits per heavy atom. The minimum absolute atomic E-state index is 0.0147. The number of hydrogen-bond acceptors (Lipinski definition) is 5. The standard InChI is InChI=1S/C41H50N2O5/c1-37(2,3)48-35(45)39-16-27-13-28(17-39)19-40(18-27,24-39)42-34(44)38-14-25-12-26(15-38)21-41(20-25,23-38)43-36(46)47-22-33-31-10-6-4-8-29(31)30-9-5-7-11-32(30)33/h4-11,25-28,33H,12-24H2,1-3H3,(H,42,44)(H,43,46)/t25-,26+,27-,28+,38?,39?,40?,41?. The van der Waals surface area contributed by atoms with Crippen LogP contribution in [-0.4, -0.2) is 41.3 Å². The van der Waals surface area contributed by atoms with E-state index in [2.05, 4.69) is 59.2 Å². The van der Waals surface area contributed by atoms with E-state index >= 15 is 0 Å². The van der Waals surface area contributed by atoms with Gasteiger partial charge in [-0.1, -0.05) is 48.5 Å². The quantitative estimate of drug-likeness (QED) is 0.313. The molecular weight excluding hydrogens is 600 g/mol. The number of ether oxygens (including phenoxy) is 2. The molecule has 11 rings (SSSR count). The van der Waals surface area contributed by atoms with Crippen LogP contribution in [0.15, 0.2) is 48.5 Å². The van der Waals surface area contributed by atoms with Crippen molar-refractivity contribution >= 4 is 18.0 Å². The summed E-state index contributed by atoms with van der Waals surface area (Å²) in [5.41, 5.74) is 2.59. The molecule has 8 atom stereocenters. The number of carbonyl (C=O) groups excluding carboxylic acids is 3. The highest BCUT2D eigenvalue weighted by Gasteiger charge is 2.65. The Hall–Kier alpha value is -3.35. The molecule has 0 aliphatic heterocycles. The molecule has 2 N–H and O–H groups in total. The predicted octanol–water partition coefficient (Wildman–Crippen LogP) is 7.66. The van der Waals surface area contributed by atoms with Crippen molar-refractivity contribution in [3.63, 3.8) is 0 Å². The van der Waals surface area contributed by atoms with Gasteiger partial charge in [0, 0.05) is 17.0 Å². The van der Waals surface area contributed by atoms with E-state index < -0.39 is 22.0 Å². The van der Waals surface area contributed by atoms with Gasteiger partial charge in [-0.2, -0.15) is 0 Å². The third-order valence-corrected chi connectivity index (χ3v) is 13.5. The highest BCUT2D eigenvalue weighted by atomic mass is 16.6. The first kappa shape index (κ1) is 30.7. The van der Waals surface area contributed by atoms with Gasteiger partial charge in [0.1, 0.15) is 12.2 Å². The van der Waals surface area contributed by atoms with Crippen molar-refractivity contribution in [2.75, 3.05) is 6.61 Å². The van der Waals surface area contributed by atoms with Crippen LogP contribution in [0.3, 0.4) is 0 Å². The van der Waals surface area contributed by atoms with Crippen molar-refractivity contribution in [3.8, 4) is 11.1 Å². The van der Waals surface area contributed by atoms with Crippen LogP contribution in [0.4, 0.5) is 4.79 Å². The van der Waals surface area contributed by atoms with Crippen LogP contribution < -0.4 is 10.6 Å². The van der Waals surface area contributed by atoms with Crippen LogP contribution in [0, 0.1) is 34.5 Å². The monoisotopic (exact) mass is 650 g/mol. The molecule has 48 heavy (non-hydrogen) atoms. The Morgan fingerprint density at radius 3 is 1.71 bits per heavy atom. The van der Waals surface area contributed by atoms with Gasteiger partial charge in [0.25, 0.3) is 0 Å². The lowest BCUT2D eigenvalue weighted by Gasteiger charge is -2.64. The Morgan fingerprint density at radius 2 is 1.17 bits per heavy atom. The highest BCUT2D eigenvalue weighted by Crippen LogP contribution is 2.65. The van der Waals surface area contributed by atoms with Gasteiger partial charge >= 0.3 is 12.1 Å². The molecule has 7 heteroatoms. The molecule has 9 aliphatic carbocycles. The molecule has 0 saturated heterocycles. The van der Waals surface area contributed by atoms with Crippen molar-refractivity contribution in [2.45, 2.75) is 120 Å². The SMILES string of the molecule is CC(C)(C)OC(=O)C12C[C@@H]3C[C@@H](CC(NC(=O)C45C[C@@H]6C[C@@H](CC(NC(=O)OCC7c8ccccc8-c8ccccc87)(C6)C4)C5)(C3)C1)C2. The van der Waals surface area contributed by atoms with Gasteiger partial charge in [-0.15, -0.1) is 0 Å². The summed E-state index contributed by atoms with van der Waals surface area (Å²) in [6.07, 6.45) is 10.6. The van der Waals surface area contributed by atoms with Gasteiger partial charge in [-0.3, -0.25) is 9.59 Å². The smallest absolute Gasteiger partial charge is 0.407 e. The highest BCUT2D eigenvalue weighted by molar-refractivity contribution is 5.85. The molecule has 2 aromatic rings. The van der Waals surface area contributed by atoms with Crippen molar-refractivity contribution in [1.29, 1.82) is 0 Å². The van der Waals surface area contributed by atoms with Crippen LogP contribution in [0.25, 0.3) is 11.1 Å². The van der Waals surface area contributed by atoms with Crippen LogP contribution in [0.1, 0.15) is 115 Å². The molecule has 2 amide bonds. The summed E-state index contributed by atoms with van der Waals surface area (Å²) < 4.78 is 12.0. The first-order valence-electron chi connectivity index (χ1n) is 18.5. The van der Waals surface area contributed by atoms with E-state index in [0.29, 0.717) is 43.1 Å². The number of hydrogen-bond donors (Lipinski definition) is 2. The Labute approximate surface area is 284 Å². The molecule has 0 radical (unpaired) electrons. The number of esters is 1. The number of carbonyl (C=O) groups is 3. The van der Waals surface area contributed by atoms with Gasteiger partial charge < -0.3 is 20.1 Å². The lowest BCUT2D eigenvalue weighted by atomic mass is 9.45. The maximum absolute atomic E-state index is 14.7. The molecule has 8 fully saturated rings. The van der Waals surface area contributed by atoms with E-state index in [9.17, 15) is 14.4 Å². The molecule has 7 nitrogen and oxygen atoms in total. The molecule has 8 bridgehead atoms. The summed E-state index contributed by atoms with van der Waals surface area (Å²) in [5, 5.41) is 7.06. The normalized spacial score (nSPS) is 38.3. The molecule has 2 aromatic carbocycles. The minimum atomic E-state index is -0.523. The number of fused-ring (bicyclic) bond motifs is 3. The Balaban J connectivity index is 0.910. The molecular formula is C41H50N2O5. The summed E-state index contributed by atoms with van der Waals surface area (Å²) >= 11 is 0. The predicted molar refractivity (Wildman–Crippen MR) is 182 cm³/mol. The van der Waals surface area contributed by atoms with E-state index in [1.165, 1.54) is 22.3 Å². The number of benzene rings is 2. The Bertz CT molecular complexity index is 1620. The Kier molecular flexibility index (Phi) is 6.61. The number of amides is 2. The van der Waals surface area contributed by atoms with Gasteiger partial charge in [0.2, 0.25) is 5.91 Å². The zero-order valence-electron chi connectivity index (χ0n) is 28.7. The second-order valence-electron chi connectivity index (χ2n) is 18.4. The first-order valence-corrected chi connectivity index (χ1v) is 18.5. The second-order valence-corrected chi connectivity index (χ2v) is 18.4. The number of alkyl carbamates (subject to hydrolysis) is 1. The number of nitrogens with one attached hydrogen (secondary N) is 2. The molecule has 254 valence electrons. The van der Waals surface area contributed by atoms with Crippen LogP contribution in [0.2, 0.25) is 0 Å². The minimum Gasteiger partial charge on any atom is -0.460 e. The average molecular weight is 651 g/mol. The van der Waals surface area contributed by atoms with Gasteiger partial charge in [0.05, 0.1) is 10.8 Å². The number of rotatable bonds is 6. The summed E-state index contributed by atoms with van der Waals surface area (Å²) in [4.78, 5) is 42.0. The van der Waals surface area contributed by atoms with Gasteiger partial charge in [-0.25, -0.2) is 4.79 Å².